The Labute approximate surface area is 163 Å². The highest BCUT2D eigenvalue weighted by Crippen LogP contribution is 2.34. The third kappa shape index (κ3) is 5.15. The molecule has 0 spiro atoms. The monoisotopic (exact) mass is 397 g/mol. The third-order valence-electron chi connectivity index (χ3n) is 3.68. The van der Waals surface area contributed by atoms with Crippen molar-refractivity contribution in [3.05, 3.63) is 78.0 Å². The SMILES string of the molecule is O=S(=O)(/C=C/c1ccccc1)Nc1ncnc(OCCO)c1-c1ccccc1. The van der Waals surface area contributed by atoms with Crippen molar-refractivity contribution in [3.63, 3.8) is 0 Å². The van der Waals surface area contributed by atoms with Crippen LogP contribution in [0.1, 0.15) is 5.56 Å². The summed E-state index contributed by atoms with van der Waals surface area (Å²) in [5.41, 5.74) is 1.83. The number of aliphatic hydroxyl groups is 1. The van der Waals surface area contributed by atoms with Crippen LogP contribution in [0.5, 0.6) is 5.88 Å². The lowest BCUT2D eigenvalue weighted by atomic mass is 10.1. The van der Waals surface area contributed by atoms with Crippen LogP contribution in [-0.4, -0.2) is 36.7 Å². The van der Waals surface area contributed by atoms with Gasteiger partial charge in [0.1, 0.15) is 12.9 Å². The molecule has 0 saturated carbocycles. The second-order valence-corrected chi connectivity index (χ2v) is 7.27. The number of ether oxygens (including phenoxy) is 1. The molecule has 8 heteroatoms. The van der Waals surface area contributed by atoms with Crippen LogP contribution in [0.4, 0.5) is 5.82 Å². The summed E-state index contributed by atoms with van der Waals surface area (Å²) in [5.74, 6) is 0.270. The Morgan fingerprint density at radius 2 is 1.68 bits per heavy atom. The summed E-state index contributed by atoms with van der Waals surface area (Å²) in [6, 6.07) is 18.1. The van der Waals surface area contributed by atoms with Gasteiger partial charge in [0.15, 0.2) is 5.82 Å². The lowest BCUT2D eigenvalue weighted by Gasteiger charge is -2.14. The van der Waals surface area contributed by atoms with Crippen LogP contribution < -0.4 is 9.46 Å². The summed E-state index contributed by atoms with van der Waals surface area (Å²) in [5, 5.41) is 10.1. The largest absolute Gasteiger partial charge is 0.475 e. The van der Waals surface area contributed by atoms with E-state index in [-0.39, 0.29) is 24.9 Å². The first-order valence-electron chi connectivity index (χ1n) is 8.49. The predicted molar refractivity (Wildman–Crippen MR) is 108 cm³/mol. The van der Waals surface area contributed by atoms with E-state index in [1.807, 2.05) is 36.4 Å². The number of benzene rings is 2. The van der Waals surface area contributed by atoms with Crippen molar-refractivity contribution >= 4 is 21.9 Å². The molecule has 1 aromatic heterocycles. The fraction of sp³-hybridized carbons (Fsp3) is 0.100. The van der Waals surface area contributed by atoms with Crippen LogP contribution >= 0.6 is 0 Å². The van der Waals surface area contributed by atoms with Gasteiger partial charge in [0.25, 0.3) is 10.0 Å². The van der Waals surface area contributed by atoms with Crippen LogP contribution in [0.15, 0.2) is 72.4 Å². The molecule has 7 nitrogen and oxygen atoms in total. The molecule has 0 atom stereocenters. The molecule has 0 unspecified atom stereocenters. The second-order valence-electron chi connectivity index (χ2n) is 5.70. The molecule has 1 heterocycles. The number of rotatable bonds is 8. The van der Waals surface area contributed by atoms with E-state index >= 15 is 0 Å². The van der Waals surface area contributed by atoms with E-state index < -0.39 is 10.0 Å². The van der Waals surface area contributed by atoms with Crippen molar-refractivity contribution in [1.29, 1.82) is 0 Å². The molecular weight excluding hydrogens is 378 g/mol. The van der Waals surface area contributed by atoms with E-state index in [9.17, 15) is 8.42 Å². The second kappa shape index (κ2) is 9.12. The molecule has 0 aliphatic carbocycles. The molecule has 0 bridgehead atoms. The lowest BCUT2D eigenvalue weighted by Crippen LogP contribution is -2.13. The van der Waals surface area contributed by atoms with Gasteiger partial charge in [-0.05, 0) is 17.2 Å². The zero-order valence-corrected chi connectivity index (χ0v) is 15.7. The fourth-order valence-corrected chi connectivity index (χ4v) is 3.29. The van der Waals surface area contributed by atoms with Crippen molar-refractivity contribution in [2.24, 2.45) is 0 Å². The molecular formula is C20H19N3O4S. The van der Waals surface area contributed by atoms with E-state index in [0.29, 0.717) is 11.1 Å². The minimum atomic E-state index is -3.83. The molecule has 28 heavy (non-hydrogen) atoms. The van der Waals surface area contributed by atoms with Gasteiger partial charge in [-0.3, -0.25) is 4.72 Å². The van der Waals surface area contributed by atoms with E-state index in [0.717, 1.165) is 11.0 Å². The number of sulfonamides is 1. The average Bonchev–Trinajstić information content (AvgIpc) is 2.72. The zero-order valence-electron chi connectivity index (χ0n) is 14.9. The zero-order chi connectivity index (χ0) is 19.8. The topological polar surface area (TPSA) is 101 Å². The lowest BCUT2D eigenvalue weighted by molar-refractivity contribution is 0.197. The molecule has 144 valence electrons. The van der Waals surface area contributed by atoms with Gasteiger partial charge in [-0.15, -0.1) is 0 Å². The number of aliphatic hydroxyl groups excluding tert-OH is 1. The molecule has 3 aromatic rings. The Hall–Kier alpha value is -3.23. The quantitative estimate of drug-likeness (QED) is 0.606. The van der Waals surface area contributed by atoms with Gasteiger partial charge in [0, 0.05) is 0 Å². The van der Waals surface area contributed by atoms with Crippen LogP contribution in [0.25, 0.3) is 17.2 Å². The average molecular weight is 397 g/mol. The Morgan fingerprint density at radius 3 is 2.36 bits per heavy atom. The Kier molecular flexibility index (Phi) is 6.36. The van der Waals surface area contributed by atoms with Gasteiger partial charge in [-0.25, -0.2) is 18.4 Å². The number of hydrogen-bond acceptors (Lipinski definition) is 6. The van der Waals surface area contributed by atoms with Crippen molar-refractivity contribution in [3.8, 4) is 17.0 Å². The van der Waals surface area contributed by atoms with E-state index in [4.69, 9.17) is 9.84 Å². The highest BCUT2D eigenvalue weighted by molar-refractivity contribution is 7.95. The number of aromatic nitrogens is 2. The summed E-state index contributed by atoms with van der Waals surface area (Å²) in [6.07, 6.45) is 2.70. The van der Waals surface area contributed by atoms with Crippen molar-refractivity contribution in [1.82, 2.24) is 9.97 Å². The summed E-state index contributed by atoms with van der Waals surface area (Å²) < 4.78 is 33.0. The molecule has 0 saturated heterocycles. The highest BCUT2D eigenvalue weighted by Gasteiger charge is 2.18. The van der Waals surface area contributed by atoms with Gasteiger partial charge in [0.2, 0.25) is 5.88 Å². The predicted octanol–water partition coefficient (Wildman–Crippen LogP) is 2.93. The first-order chi connectivity index (χ1) is 13.6. The Balaban J connectivity index is 1.96. The summed E-state index contributed by atoms with van der Waals surface area (Å²) in [4.78, 5) is 8.17. The third-order valence-corrected chi connectivity index (χ3v) is 4.66. The molecule has 3 rings (SSSR count). The summed E-state index contributed by atoms with van der Waals surface area (Å²) in [6.45, 7) is -0.171. The molecule has 0 amide bonds. The van der Waals surface area contributed by atoms with Crippen molar-refractivity contribution in [2.75, 3.05) is 17.9 Å². The number of anilines is 1. The Bertz CT molecular complexity index is 1040. The normalized spacial score (nSPS) is 11.5. The molecule has 0 aliphatic rings. The maximum Gasteiger partial charge on any atom is 0.256 e. The molecule has 2 N–H and O–H groups in total. The summed E-state index contributed by atoms with van der Waals surface area (Å²) >= 11 is 0. The number of nitrogens with one attached hydrogen (secondary N) is 1. The number of hydrogen-bond donors (Lipinski definition) is 2. The van der Waals surface area contributed by atoms with Crippen LogP contribution in [-0.2, 0) is 10.0 Å². The maximum atomic E-state index is 12.5. The summed E-state index contributed by atoms with van der Waals surface area (Å²) in [7, 11) is -3.83. The van der Waals surface area contributed by atoms with Crippen LogP contribution in [0.2, 0.25) is 0 Å². The van der Waals surface area contributed by atoms with Crippen LogP contribution in [0.3, 0.4) is 0 Å². The molecule has 0 fully saturated rings. The molecule has 0 aliphatic heterocycles. The first kappa shape index (κ1) is 19.5. The maximum absolute atomic E-state index is 12.5. The van der Waals surface area contributed by atoms with Gasteiger partial charge in [-0.1, -0.05) is 60.7 Å². The van der Waals surface area contributed by atoms with Gasteiger partial charge >= 0.3 is 0 Å². The smallest absolute Gasteiger partial charge is 0.256 e. The van der Waals surface area contributed by atoms with E-state index in [1.54, 1.807) is 24.3 Å². The van der Waals surface area contributed by atoms with Gasteiger partial charge in [0.05, 0.1) is 17.6 Å². The highest BCUT2D eigenvalue weighted by atomic mass is 32.2. The van der Waals surface area contributed by atoms with Crippen molar-refractivity contribution < 1.29 is 18.3 Å². The Morgan fingerprint density at radius 1 is 1.00 bits per heavy atom. The van der Waals surface area contributed by atoms with Gasteiger partial charge < -0.3 is 9.84 Å². The van der Waals surface area contributed by atoms with Gasteiger partial charge in [-0.2, -0.15) is 0 Å². The van der Waals surface area contributed by atoms with Crippen LogP contribution in [0, 0.1) is 0 Å². The van der Waals surface area contributed by atoms with Crippen molar-refractivity contribution in [2.45, 2.75) is 0 Å². The van der Waals surface area contributed by atoms with E-state index in [1.165, 1.54) is 12.4 Å². The standard InChI is InChI=1S/C20H19N3O4S/c24-12-13-27-20-18(17-9-5-2-6-10-17)19(21-15-22-20)23-28(25,26)14-11-16-7-3-1-4-8-16/h1-11,14-15,24H,12-13H2,(H,21,22,23)/b14-11+. The molecule has 2 aromatic carbocycles. The minimum absolute atomic E-state index is 0.0247. The van der Waals surface area contributed by atoms with E-state index in [2.05, 4.69) is 14.7 Å². The first-order valence-corrected chi connectivity index (χ1v) is 10.0. The molecule has 0 radical (unpaired) electrons. The fourth-order valence-electron chi connectivity index (χ4n) is 2.46. The number of nitrogens with zero attached hydrogens (tertiary/aromatic N) is 2. The minimum Gasteiger partial charge on any atom is -0.475 e.